The molecule has 0 aromatic carbocycles. The van der Waals surface area contributed by atoms with Crippen LogP contribution in [0.15, 0.2) is 10.7 Å². The molecule has 80 valence electrons. The number of nitrogens with zero attached hydrogens (tertiary/aromatic N) is 2. The molecule has 0 fully saturated rings. The van der Waals surface area contributed by atoms with Crippen LogP contribution in [0.2, 0.25) is 0 Å². The Morgan fingerprint density at radius 1 is 1.57 bits per heavy atom. The summed E-state index contributed by atoms with van der Waals surface area (Å²) in [6.45, 7) is 7.63. The Bertz CT molecular complexity index is 287. The first-order valence-corrected chi connectivity index (χ1v) is 6.28. The van der Waals surface area contributed by atoms with E-state index < -0.39 is 0 Å². The van der Waals surface area contributed by atoms with Crippen molar-refractivity contribution in [2.75, 3.05) is 6.61 Å². The highest BCUT2D eigenvalue weighted by Gasteiger charge is 2.10. The average molecular weight is 373 g/mol. The molecule has 5 heteroatoms. The summed E-state index contributed by atoms with van der Waals surface area (Å²) >= 11 is 5.61. The lowest BCUT2D eigenvalue weighted by molar-refractivity contribution is -0.00792. The Morgan fingerprint density at radius 3 is 2.64 bits per heavy atom. The zero-order valence-electron chi connectivity index (χ0n) is 8.55. The average Bonchev–Trinajstić information content (AvgIpc) is 2.28. The third-order valence-electron chi connectivity index (χ3n) is 1.53. The highest BCUT2D eigenvalue weighted by Crippen LogP contribution is 2.16. The van der Waals surface area contributed by atoms with E-state index in [0.29, 0.717) is 6.61 Å². The lowest BCUT2D eigenvalue weighted by Gasteiger charge is -2.19. The van der Waals surface area contributed by atoms with E-state index in [2.05, 4.69) is 64.4 Å². The molecule has 0 saturated carbocycles. The van der Waals surface area contributed by atoms with E-state index in [1.54, 1.807) is 0 Å². The van der Waals surface area contributed by atoms with Crippen molar-refractivity contribution in [3.63, 3.8) is 0 Å². The van der Waals surface area contributed by atoms with E-state index in [-0.39, 0.29) is 5.60 Å². The third-order valence-corrected chi connectivity index (χ3v) is 3.65. The predicted octanol–water partition coefficient (Wildman–Crippen LogP) is 3.07. The van der Waals surface area contributed by atoms with Crippen LogP contribution in [-0.4, -0.2) is 22.0 Å². The fourth-order valence-electron chi connectivity index (χ4n) is 0.933. The SMILES string of the molecule is CC(C)(C)OCCn1cc(Br)c(I)n1. The summed E-state index contributed by atoms with van der Waals surface area (Å²) in [5, 5.41) is 4.31. The van der Waals surface area contributed by atoms with Crippen LogP contribution in [0.5, 0.6) is 0 Å². The predicted molar refractivity (Wildman–Crippen MR) is 68.3 cm³/mol. The van der Waals surface area contributed by atoms with Crippen molar-refractivity contribution in [1.82, 2.24) is 9.78 Å². The first-order valence-electron chi connectivity index (χ1n) is 4.41. The normalized spacial score (nSPS) is 12.1. The van der Waals surface area contributed by atoms with E-state index in [9.17, 15) is 0 Å². The molecule has 0 unspecified atom stereocenters. The first kappa shape index (κ1) is 12.4. The van der Waals surface area contributed by atoms with Crippen LogP contribution in [0.3, 0.4) is 0 Å². The molecular weight excluding hydrogens is 359 g/mol. The van der Waals surface area contributed by atoms with Gasteiger partial charge < -0.3 is 4.74 Å². The van der Waals surface area contributed by atoms with Crippen LogP contribution in [0, 0.1) is 3.70 Å². The Balaban J connectivity index is 2.39. The van der Waals surface area contributed by atoms with Gasteiger partial charge in [0.2, 0.25) is 0 Å². The standard InChI is InChI=1S/C9H14BrIN2O/c1-9(2,3)14-5-4-13-6-7(10)8(11)12-13/h6H,4-5H2,1-3H3. The van der Waals surface area contributed by atoms with Gasteiger partial charge in [-0.3, -0.25) is 4.68 Å². The van der Waals surface area contributed by atoms with E-state index in [1.807, 2.05) is 10.9 Å². The molecule has 0 aliphatic rings. The third kappa shape index (κ3) is 4.27. The summed E-state index contributed by atoms with van der Waals surface area (Å²) in [6, 6.07) is 0. The molecule has 0 radical (unpaired) electrons. The van der Waals surface area contributed by atoms with Crippen molar-refractivity contribution < 1.29 is 4.74 Å². The zero-order valence-corrected chi connectivity index (χ0v) is 12.3. The maximum Gasteiger partial charge on any atom is 0.137 e. The van der Waals surface area contributed by atoms with Gasteiger partial charge in [-0.05, 0) is 59.3 Å². The maximum absolute atomic E-state index is 5.60. The molecular formula is C9H14BrIN2O. The minimum atomic E-state index is -0.0719. The molecule has 0 aliphatic carbocycles. The topological polar surface area (TPSA) is 27.1 Å². The fraction of sp³-hybridized carbons (Fsp3) is 0.667. The summed E-state index contributed by atoms with van der Waals surface area (Å²) in [5.41, 5.74) is -0.0719. The number of aromatic nitrogens is 2. The van der Waals surface area contributed by atoms with Crippen LogP contribution >= 0.6 is 38.5 Å². The van der Waals surface area contributed by atoms with Gasteiger partial charge in [-0.2, -0.15) is 5.10 Å². The fourth-order valence-corrected chi connectivity index (χ4v) is 1.67. The van der Waals surface area contributed by atoms with Gasteiger partial charge in [0, 0.05) is 6.20 Å². The lowest BCUT2D eigenvalue weighted by Crippen LogP contribution is -2.22. The number of halogens is 2. The monoisotopic (exact) mass is 372 g/mol. The number of ether oxygens (including phenoxy) is 1. The quantitative estimate of drug-likeness (QED) is 0.762. The molecule has 0 spiro atoms. The van der Waals surface area contributed by atoms with E-state index in [4.69, 9.17) is 4.74 Å². The molecule has 0 bridgehead atoms. The largest absolute Gasteiger partial charge is 0.374 e. The van der Waals surface area contributed by atoms with Gasteiger partial charge in [0.1, 0.15) is 3.70 Å². The number of hydrogen-bond donors (Lipinski definition) is 0. The molecule has 0 saturated heterocycles. The van der Waals surface area contributed by atoms with Crippen LogP contribution in [0.4, 0.5) is 0 Å². The van der Waals surface area contributed by atoms with Gasteiger partial charge in [0.05, 0.1) is 23.2 Å². The van der Waals surface area contributed by atoms with Crippen molar-refractivity contribution in [2.24, 2.45) is 0 Å². The molecule has 1 aromatic rings. The molecule has 0 N–H and O–H groups in total. The molecule has 3 nitrogen and oxygen atoms in total. The van der Waals surface area contributed by atoms with Gasteiger partial charge >= 0.3 is 0 Å². The van der Waals surface area contributed by atoms with Crippen molar-refractivity contribution >= 4 is 38.5 Å². The molecule has 1 aromatic heterocycles. The minimum Gasteiger partial charge on any atom is -0.374 e. The van der Waals surface area contributed by atoms with Gasteiger partial charge in [-0.1, -0.05) is 0 Å². The second-order valence-corrected chi connectivity index (χ2v) is 5.87. The van der Waals surface area contributed by atoms with Crippen LogP contribution in [0.25, 0.3) is 0 Å². The maximum atomic E-state index is 5.60. The highest BCUT2D eigenvalue weighted by molar-refractivity contribution is 14.1. The number of hydrogen-bond acceptors (Lipinski definition) is 2. The van der Waals surface area contributed by atoms with E-state index in [1.165, 1.54) is 0 Å². The Morgan fingerprint density at radius 2 is 2.21 bits per heavy atom. The summed E-state index contributed by atoms with van der Waals surface area (Å²) in [6.07, 6.45) is 1.97. The molecule has 14 heavy (non-hydrogen) atoms. The smallest absolute Gasteiger partial charge is 0.137 e. The van der Waals surface area contributed by atoms with Crippen molar-refractivity contribution in [3.8, 4) is 0 Å². The molecule has 0 atom stereocenters. The van der Waals surface area contributed by atoms with Crippen LogP contribution in [-0.2, 0) is 11.3 Å². The Kier molecular flexibility index (Phi) is 4.39. The van der Waals surface area contributed by atoms with Gasteiger partial charge in [0.25, 0.3) is 0 Å². The molecule has 1 heterocycles. The van der Waals surface area contributed by atoms with Crippen LogP contribution in [0.1, 0.15) is 20.8 Å². The van der Waals surface area contributed by atoms with Gasteiger partial charge in [-0.25, -0.2) is 0 Å². The first-order chi connectivity index (χ1) is 6.38. The van der Waals surface area contributed by atoms with E-state index >= 15 is 0 Å². The van der Waals surface area contributed by atoms with Gasteiger partial charge in [0.15, 0.2) is 0 Å². The van der Waals surface area contributed by atoms with Crippen molar-refractivity contribution in [2.45, 2.75) is 32.9 Å². The zero-order chi connectivity index (χ0) is 10.8. The molecule has 0 aliphatic heterocycles. The van der Waals surface area contributed by atoms with Crippen molar-refractivity contribution in [1.29, 1.82) is 0 Å². The van der Waals surface area contributed by atoms with Crippen LogP contribution < -0.4 is 0 Å². The Labute approximate surface area is 106 Å². The lowest BCUT2D eigenvalue weighted by atomic mass is 10.2. The Hall–Kier alpha value is 0.380. The molecule has 0 amide bonds. The summed E-state index contributed by atoms with van der Waals surface area (Å²) < 4.78 is 9.51. The van der Waals surface area contributed by atoms with E-state index in [0.717, 1.165) is 14.7 Å². The minimum absolute atomic E-state index is 0.0719. The van der Waals surface area contributed by atoms with Gasteiger partial charge in [-0.15, -0.1) is 0 Å². The van der Waals surface area contributed by atoms with Crippen molar-refractivity contribution in [3.05, 3.63) is 14.4 Å². The summed E-state index contributed by atoms with van der Waals surface area (Å²) in [4.78, 5) is 0. The summed E-state index contributed by atoms with van der Waals surface area (Å²) in [7, 11) is 0. The second kappa shape index (κ2) is 4.94. The molecule has 1 rings (SSSR count). The summed E-state index contributed by atoms with van der Waals surface area (Å²) in [5.74, 6) is 0. The number of rotatable bonds is 3. The second-order valence-electron chi connectivity index (χ2n) is 3.99. The highest BCUT2D eigenvalue weighted by atomic mass is 127.